The van der Waals surface area contributed by atoms with Crippen molar-refractivity contribution >= 4 is 15.7 Å². The van der Waals surface area contributed by atoms with Crippen LogP contribution in [-0.2, 0) is 21.2 Å². The standard InChI is InChI=1S/C12H20N2O2S/c1-12(2,3)10-6-5-9(7-11(10)13)8-17(15,16)14-4/h5-7,14H,8,13H2,1-4H3. The lowest BCUT2D eigenvalue weighted by Crippen LogP contribution is -2.21. The molecule has 5 heteroatoms. The van der Waals surface area contributed by atoms with Gasteiger partial charge in [0, 0.05) is 5.69 Å². The normalized spacial score (nSPS) is 12.7. The summed E-state index contributed by atoms with van der Waals surface area (Å²) < 4.78 is 25.1. The Morgan fingerprint density at radius 1 is 1.29 bits per heavy atom. The van der Waals surface area contributed by atoms with Crippen LogP contribution in [0.1, 0.15) is 31.9 Å². The van der Waals surface area contributed by atoms with Crippen molar-refractivity contribution in [2.24, 2.45) is 0 Å². The van der Waals surface area contributed by atoms with Crippen molar-refractivity contribution in [3.05, 3.63) is 29.3 Å². The second-order valence-electron chi connectivity index (χ2n) is 5.13. The summed E-state index contributed by atoms with van der Waals surface area (Å²) in [6.07, 6.45) is 0. The highest BCUT2D eigenvalue weighted by atomic mass is 32.2. The van der Waals surface area contributed by atoms with Crippen LogP contribution < -0.4 is 10.5 Å². The monoisotopic (exact) mass is 256 g/mol. The Kier molecular flexibility index (Phi) is 3.84. The third-order valence-electron chi connectivity index (χ3n) is 2.59. The van der Waals surface area contributed by atoms with Crippen LogP contribution in [0, 0.1) is 0 Å². The van der Waals surface area contributed by atoms with E-state index >= 15 is 0 Å². The first-order valence-corrected chi connectivity index (χ1v) is 7.11. The quantitative estimate of drug-likeness (QED) is 0.807. The summed E-state index contributed by atoms with van der Waals surface area (Å²) in [6, 6.07) is 5.44. The van der Waals surface area contributed by atoms with Crippen molar-refractivity contribution in [3.8, 4) is 0 Å². The summed E-state index contributed by atoms with van der Waals surface area (Å²) in [7, 11) is -1.84. The highest BCUT2D eigenvalue weighted by molar-refractivity contribution is 7.88. The van der Waals surface area contributed by atoms with Crippen LogP contribution in [0.3, 0.4) is 0 Å². The maximum Gasteiger partial charge on any atom is 0.215 e. The fourth-order valence-electron chi connectivity index (χ4n) is 1.68. The molecule has 96 valence electrons. The summed E-state index contributed by atoms with van der Waals surface area (Å²) in [4.78, 5) is 0. The minimum atomic E-state index is -3.24. The van der Waals surface area contributed by atoms with Crippen molar-refractivity contribution in [1.29, 1.82) is 0 Å². The molecule has 1 aromatic carbocycles. The van der Waals surface area contributed by atoms with E-state index in [0.29, 0.717) is 11.3 Å². The smallest absolute Gasteiger partial charge is 0.215 e. The first-order chi connectivity index (χ1) is 7.65. The van der Waals surface area contributed by atoms with Gasteiger partial charge in [0.25, 0.3) is 0 Å². The van der Waals surface area contributed by atoms with E-state index in [4.69, 9.17) is 5.73 Å². The number of nitrogen functional groups attached to an aromatic ring is 1. The fraction of sp³-hybridized carbons (Fsp3) is 0.500. The Bertz CT molecular complexity index is 502. The van der Waals surface area contributed by atoms with Crippen molar-refractivity contribution in [3.63, 3.8) is 0 Å². The zero-order valence-electron chi connectivity index (χ0n) is 10.7. The molecule has 0 bridgehead atoms. The van der Waals surface area contributed by atoms with Gasteiger partial charge in [0.1, 0.15) is 0 Å². The Morgan fingerprint density at radius 3 is 2.29 bits per heavy atom. The van der Waals surface area contributed by atoms with Gasteiger partial charge in [0.2, 0.25) is 10.0 Å². The summed E-state index contributed by atoms with van der Waals surface area (Å²) >= 11 is 0. The maximum absolute atomic E-state index is 11.4. The maximum atomic E-state index is 11.4. The molecule has 17 heavy (non-hydrogen) atoms. The van der Waals surface area contributed by atoms with Crippen LogP contribution in [-0.4, -0.2) is 15.5 Å². The Balaban J connectivity index is 3.06. The number of nitrogens with one attached hydrogen (secondary N) is 1. The Morgan fingerprint density at radius 2 is 1.88 bits per heavy atom. The summed E-state index contributed by atoms with van der Waals surface area (Å²) in [5, 5.41) is 0. The predicted octanol–water partition coefficient (Wildman–Crippen LogP) is 1.62. The summed E-state index contributed by atoms with van der Waals surface area (Å²) in [6.45, 7) is 6.22. The Labute approximate surface area is 103 Å². The van der Waals surface area contributed by atoms with Crippen LogP contribution in [0.15, 0.2) is 18.2 Å². The van der Waals surface area contributed by atoms with E-state index in [1.165, 1.54) is 7.05 Å². The van der Waals surface area contributed by atoms with Crippen LogP contribution in [0.25, 0.3) is 0 Å². The van der Waals surface area contributed by atoms with Gasteiger partial charge in [0.05, 0.1) is 5.75 Å². The van der Waals surface area contributed by atoms with E-state index in [0.717, 1.165) is 5.56 Å². The minimum absolute atomic E-state index is 0.0372. The molecule has 0 aliphatic rings. The molecule has 1 rings (SSSR count). The highest BCUT2D eigenvalue weighted by Crippen LogP contribution is 2.28. The predicted molar refractivity (Wildman–Crippen MR) is 71.2 cm³/mol. The van der Waals surface area contributed by atoms with Gasteiger partial charge in [-0.05, 0) is 29.7 Å². The third kappa shape index (κ3) is 3.71. The molecule has 0 atom stereocenters. The molecule has 0 radical (unpaired) electrons. The second kappa shape index (κ2) is 4.66. The number of hydrogen-bond donors (Lipinski definition) is 2. The van der Waals surface area contributed by atoms with Gasteiger partial charge >= 0.3 is 0 Å². The lowest BCUT2D eigenvalue weighted by atomic mass is 9.85. The second-order valence-corrected chi connectivity index (χ2v) is 7.06. The highest BCUT2D eigenvalue weighted by Gasteiger charge is 2.17. The van der Waals surface area contributed by atoms with E-state index in [9.17, 15) is 8.42 Å². The average Bonchev–Trinajstić information content (AvgIpc) is 2.15. The van der Waals surface area contributed by atoms with Crippen molar-refractivity contribution in [1.82, 2.24) is 4.72 Å². The van der Waals surface area contributed by atoms with Crippen LogP contribution >= 0.6 is 0 Å². The number of rotatable bonds is 3. The van der Waals surface area contributed by atoms with Gasteiger partial charge in [-0.2, -0.15) is 0 Å². The van der Waals surface area contributed by atoms with Crippen LogP contribution in [0.5, 0.6) is 0 Å². The number of sulfonamides is 1. The average molecular weight is 256 g/mol. The van der Waals surface area contributed by atoms with E-state index in [1.807, 2.05) is 12.1 Å². The molecule has 4 nitrogen and oxygen atoms in total. The molecule has 0 saturated carbocycles. The van der Waals surface area contributed by atoms with Crippen LogP contribution in [0.4, 0.5) is 5.69 Å². The molecule has 0 fully saturated rings. The Hall–Kier alpha value is -1.07. The first kappa shape index (κ1) is 14.0. The van der Waals surface area contributed by atoms with Gasteiger partial charge in [-0.15, -0.1) is 0 Å². The SMILES string of the molecule is CNS(=O)(=O)Cc1ccc(C(C)(C)C)c(N)c1. The summed E-state index contributed by atoms with van der Waals surface area (Å²) in [5.41, 5.74) is 8.29. The summed E-state index contributed by atoms with van der Waals surface area (Å²) in [5.74, 6) is -0.0435. The van der Waals surface area contributed by atoms with Gasteiger partial charge in [-0.1, -0.05) is 32.9 Å². The van der Waals surface area contributed by atoms with E-state index in [-0.39, 0.29) is 11.2 Å². The zero-order chi connectivity index (χ0) is 13.3. The zero-order valence-corrected chi connectivity index (χ0v) is 11.6. The lowest BCUT2D eigenvalue weighted by molar-refractivity contribution is 0.587. The van der Waals surface area contributed by atoms with Crippen molar-refractivity contribution in [2.75, 3.05) is 12.8 Å². The molecule has 0 aliphatic heterocycles. The molecular formula is C12H20N2O2S. The number of nitrogens with two attached hydrogens (primary N) is 1. The molecule has 0 aliphatic carbocycles. The minimum Gasteiger partial charge on any atom is -0.398 e. The van der Waals surface area contributed by atoms with Gasteiger partial charge in [0.15, 0.2) is 0 Å². The molecule has 1 aromatic rings. The molecule has 0 saturated heterocycles. The fourth-order valence-corrected chi connectivity index (χ4v) is 2.44. The molecule has 3 N–H and O–H groups in total. The number of benzene rings is 1. The van der Waals surface area contributed by atoms with E-state index < -0.39 is 10.0 Å². The molecule has 0 spiro atoms. The molecule has 0 heterocycles. The topological polar surface area (TPSA) is 72.2 Å². The third-order valence-corrected chi connectivity index (χ3v) is 3.93. The van der Waals surface area contributed by atoms with Crippen LogP contribution in [0.2, 0.25) is 0 Å². The van der Waals surface area contributed by atoms with E-state index in [2.05, 4.69) is 25.5 Å². The molecule has 0 amide bonds. The van der Waals surface area contributed by atoms with Gasteiger partial charge in [-0.3, -0.25) is 0 Å². The van der Waals surface area contributed by atoms with Gasteiger partial charge in [-0.25, -0.2) is 13.1 Å². The largest absolute Gasteiger partial charge is 0.398 e. The molecular weight excluding hydrogens is 236 g/mol. The number of anilines is 1. The lowest BCUT2D eigenvalue weighted by Gasteiger charge is -2.21. The molecule has 0 aromatic heterocycles. The van der Waals surface area contributed by atoms with Crippen molar-refractivity contribution < 1.29 is 8.42 Å². The first-order valence-electron chi connectivity index (χ1n) is 5.46. The van der Waals surface area contributed by atoms with E-state index in [1.54, 1.807) is 6.07 Å². The number of hydrogen-bond acceptors (Lipinski definition) is 3. The molecule has 0 unspecified atom stereocenters. The van der Waals surface area contributed by atoms with Gasteiger partial charge < -0.3 is 5.73 Å². The van der Waals surface area contributed by atoms with Crippen molar-refractivity contribution in [2.45, 2.75) is 31.9 Å².